The second-order valence-corrected chi connectivity index (χ2v) is 3.35. The number of nitrogen functional groups attached to an aromatic ring is 1. The Balaban J connectivity index is 0.000000132. The summed E-state index contributed by atoms with van der Waals surface area (Å²) in [4.78, 5) is 0. The number of rotatable bonds is 0. The average Bonchev–Trinajstić information content (AvgIpc) is 2.58. The van der Waals surface area contributed by atoms with Crippen LogP contribution < -0.4 is 5.73 Å². The molecule has 0 atom stereocenters. The van der Waals surface area contributed by atoms with Gasteiger partial charge in [-0.1, -0.05) is 31.0 Å². The highest BCUT2D eigenvalue weighted by Gasteiger charge is 2.09. The highest BCUT2D eigenvalue weighted by Crippen LogP contribution is 2.16. The fourth-order valence-electron chi connectivity index (χ4n) is 1.36. The Bertz CT molecular complexity index is 217. The summed E-state index contributed by atoms with van der Waals surface area (Å²) >= 11 is 0. The van der Waals surface area contributed by atoms with Crippen molar-refractivity contribution in [2.45, 2.75) is 31.8 Å². The zero-order chi connectivity index (χ0) is 9.52. The first-order chi connectivity index (χ1) is 6.29. The molecule has 13 heavy (non-hydrogen) atoms. The van der Waals surface area contributed by atoms with E-state index >= 15 is 0 Å². The van der Waals surface area contributed by atoms with E-state index < -0.39 is 0 Å². The van der Waals surface area contributed by atoms with Gasteiger partial charge < -0.3 is 10.8 Å². The van der Waals surface area contributed by atoms with Gasteiger partial charge in [-0.3, -0.25) is 0 Å². The van der Waals surface area contributed by atoms with Crippen LogP contribution in [-0.4, -0.2) is 11.2 Å². The van der Waals surface area contributed by atoms with Crippen molar-refractivity contribution in [3.63, 3.8) is 0 Å². The molecule has 1 aliphatic carbocycles. The first-order valence-corrected chi connectivity index (χ1v) is 4.77. The maximum atomic E-state index is 8.73. The van der Waals surface area contributed by atoms with Crippen molar-refractivity contribution < 1.29 is 5.11 Å². The predicted molar refractivity (Wildman–Crippen MR) is 55.3 cm³/mol. The van der Waals surface area contributed by atoms with E-state index in [1.54, 1.807) is 0 Å². The third-order valence-corrected chi connectivity index (χ3v) is 2.12. The molecule has 1 fully saturated rings. The first-order valence-electron chi connectivity index (χ1n) is 4.77. The summed E-state index contributed by atoms with van der Waals surface area (Å²) in [6.45, 7) is 0. The van der Waals surface area contributed by atoms with Gasteiger partial charge in [0, 0.05) is 5.69 Å². The van der Waals surface area contributed by atoms with Crippen LogP contribution in [0.3, 0.4) is 0 Å². The Morgan fingerprint density at radius 3 is 1.85 bits per heavy atom. The van der Waals surface area contributed by atoms with Crippen LogP contribution in [0.1, 0.15) is 25.7 Å². The average molecular weight is 179 g/mol. The van der Waals surface area contributed by atoms with Crippen LogP contribution in [0.25, 0.3) is 0 Å². The molecule has 1 saturated carbocycles. The maximum Gasteiger partial charge on any atom is 0.0540 e. The number of anilines is 1. The molecule has 0 radical (unpaired) electrons. The number of aliphatic hydroxyl groups is 1. The summed E-state index contributed by atoms with van der Waals surface area (Å²) in [5, 5.41) is 8.73. The number of nitrogens with two attached hydrogens (primary N) is 1. The lowest BCUT2D eigenvalue weighted by Gasteiger charge is -1.91. The standard InChI is InChI=1S/C6H7N.C5H10O/c7-6-4-2-1-3-5-6;6-5-3-1-2-4-5/h1-5H,7H2;5-6H,1-4H2. The van der Waals surface area contributed by atoms with E-state index in [0.717, 1.165) is 18.5 Å². The van der Waals surface area contributed by atoms with Crippen molar-refractivity contribution in [3.05, 3.63) is 30.3 Å². The molecule has 3 N–H and O–H groups in total. The van der Waals surface area contributed by atoms with Gasteiger partial charge in [0.15, 0.2) is 0 Å². The second-order valence-electron chi connectivity index (χ2n) is 3.35. The van der Waals surface area contributed by atoms with E-state index in [1.165, 1.54) is 12.8 Å². The van der Waals surface area contributed by atoms with Crippen LogP contribution in [0.5, 0.6) is 0 Å². The molecule has 1 aliphatic rings. The number of aliphatic hydroxyl groups excluding tert-OH is 1. The van der Waals surface area contributed by atoms with Crippen LogP contribution in [0.4, 0.5) is 5.69 Å². The van der Waals surface area contributed by atoms with Crippen molar-refractivity contribution in [2.75, 3.05) is 5.73 Å². The lowest BCUT2D eigenvalue weighted by molar-refractivity contribution is 0.183. The van der Waals surface area contributed by atoms with Crippen molar-refractivity contribution in [2.24, 2.45) is 0 Å². The summed E-state index contributed by atoms with van der Waals surface area (Å²) in [6, 6.07) is 9.49. The summed E-state index contributed by atoms with van der Waals surface area (Å²) in [5.41, 5.74) is 6.18. The number of hydrogen-bond acceptors (Lipinski definition) is 2. The van der Waals surface area contributed by atoms with Crippen LogP contribution >= 0.6 is 0 Å². The van der Waals surface area contributed by atoms with Gasteiger partial charge in [0.25, 0.3) is 0 Å². The third kappa shape index (κ3) is 4.53. The minimum atomic E-state index is 0.0463. The van der Waals surface area contributed by atoms with Gasteiger partial charge in [0.05, 0.1) is 6.10 Å². The minimum Gasteiger partial charge on any atom is -0.399 e. The SMILES string of the molecule is Nc1ccccc1.OC1CCCC1. The third-order valence-electron chi connectivity index (χ3n) is 2.12. The Morgan fingerprint density at radius 2 is 1.62 bits per heavy atom. The Hall–Kier alpha value is -1.02. The van der Waals surface area contributed by atoms with Gasteiger partial charge >= 0.3 is 0 Å². The van der Waals surface area contributed by atoms with E-state index in [2.05, 4.69) is 0 Å². The molecule has 72 valence electrons. The molecule has 0 aliphatic heterocycles. The molecule has 0 bridgehead atoms. The molecule has 2 rings (SSSR count). The fourth-order valence-corrected chi connectivity index (χ4v) is 1.36. The van der Waals surface area contributed by atoms with Gasteiger partial charge in [-0.2, -0.15) is 0 Å². The molecular weight excluding hydrogens is 162 g/mol. The highest BCUT2D eigenvalue weighted by atomic mass is 16.3. The van der Waals surface area contributed by atoms with Gasteiger partial charge in [-0.15, -0.1) is 0 Å². The maximum absolute atomic E-state index is 8.73. The van der Waals surface area contributed by atoms with Crippen LogP contribution in [0.2, 0.25) is 0 Å². The van der Waals surface area contributed by atoms with Gasteiger partial charge in [-0.05, 0) is 25.0 Å². The minimum absolute atomic E-state index is 0.0463. The molecule has 0 heterocycles. The molecule has 0 amide bonds. The van der Waals surface area contributed by atoms with Crippen molar-refractivity contribution in [3.8, 4) is 0 Å². The predicted octanol–water partition coefficient (Wildman–Crippen LogP) is 2.19. The quantitative estimate of drug-likeness (QED) is 0.600. The van der Waals surface area contributed by atoms with E-state index in [0.29, 0.717) is 0 Å². The largest absolute Gasteiger partial charge is 0.399 e. The molecule has 0 aromatic heterocycles. The Kier molecular flexibility index (Phi) is 4.33. The number of benzene rings is 1. The van der Waals surface area contributed by atoms with Crippen LogP contribution in [0, 0.1) is 0 Å². The van der Waals surface area contributed by atoms with Crippen molar-refractivity contribution in [1.29, 1.82) is 0 Å². The van der Waals surface area contributed by atoms with Crippen LogP contribution in [0.15, 0.2) is 30.3 Å². The van der Waals surface area contributed by atoms with Gasteiger partial charge in [0.1, 0.15) is 0 Å². The normalized spacial score (nSPS) is 16.4. The highest BCUT2D eigenvalue weighted by molar-refractivity contribution is 5.35. The molecule has 0 spiro atoms. The lowest BCUT2D eigenvalue weighted by Crippen LogP contribution is -1.94. The lowest BCUT2D eigenvalue weighted by atomic mass is 10.3. The van der Waals surface area contributed by atoms with E-state index in [9.17, 15) is 0 Å². The van der Waals surface area contributed by atoms with E-state index in [1.807, 2.05) is 30.3 Å². The molecule has 2 heteroatoms. The first kappa shape index (κ1) is 10.1. The molecule has 1 aromatic rings. The smallest absolute Gasteiger partial charge is 0.0540 e. The fraction of sp³-hybridized carbons (Fsp3) is 0.455. The zero-order valence-corrected chi connectivity index (χ0v) is 7.82. The molecular formula is C11H17NO. The topological polar surface area (TPSA) is 46.2 Å². The van der Waals surface area contributed by atoms with Gasteiger partial charge in [0.2, 0.25) is 0 Å². The van der Waals surface area contributed by atoms with Crippen LogP contribution in [-0.2, 0) is 0 Å². The molecule has 2 nitrogen and oxygen atoms in total. The van der Waals surface area contributed by atoms with E-state index in [4.69, 9.17) is 10.8 Å². The molecule has 1 aromatic carbocycles. The zero-order valence-electron chi connectivity index (χ0n) is 7.82. The summed E-state index contributed by atoms with van der Waals surface area (Å²) in [5.74, 6) is 0. The summed E-state index contributed by atoms with van der Waals surface area (Å²) in [7, 11) is 0. The molecule has 0 unspecified atom stereocenters. The number of para-hydroxylation sites is 1. The van der Waals surface area contributed by atoms with Crippen molar-refractivity contribution in [1.82, 2.24) is 0 Å². The second kappa shape index (κ2) is 5.60. The van der Waals surface area contributed by atoms with Gasteiger partial charge in [-0.25, -0.2) is 0 Å². The monoisotopic (exact) mass is 179 g/mol. The summed E-state index contributed by atoms with van der Waals surface area (Å²) in [6.07, 6.45) is 4.60. The Morgan fingerprint density at radius 1 is 1.08 bits per heavy atom. The number of hydrogen-bond donors (Lipinski definition) is 2. The van der Waals surface area contributed by atoms with Crippen molar-refractivity contribution >= 4 is 5.69 Å². The molecule has 0 saturated heterocycles. The summed E-state index contributed by atoms with van der Waals surface area (Å²) < 4.78 is 0. The van der Waals surface area contributed by atoms with E-state index in [-0.39, 0.29) is 6.10 Å². The Labute approximate surface area is 79.4 Å².